The Kier molecular flexibility index (Phi) is 4.93. The van der Waals surface area contributed by atoms with E-state index in [0.29, 0.717) is 25.6 Å². The fourth-order valence-electron chi connectivity index (χ4n) is 4.94. The summed E-state index contributed by atoms with van der Waals surface area (Å²) in [6.45, 7) is 4.09. The number of hydrogen-bond acceptors (Lipinski definition) is 3. The van der Waals surface area contributed by atoms with E-state index in [1.807, 2.05) is 0 Å². The van der Waals surface area contributed by atoms with E-state index in [0.717, 1.165) is 45.3 Å². The van der Waals surface area contributed by atoms with Crippen LogP contribution in [0.25, 0.3) is 0 Å². The first-order chi connectivity index (χ1) is 13.0. The number of carbonyl (C=O) groups excluding carboxylic acids is 2. The summed E-state index contributed by atoms with van der Waals surface area (Å²) in [4.78, 5) is 31.4. The van der Waals surface area contributed by atoms with Crippen molar-refractivity contribution in [2.75, 3.05) is 39.8 Å². The summed E-state index contributed by atoms with van der Waals surface area (Å²) in [5, 5.41) is 0. The lowest BCUT2D eigenvalue weighted by molar-refractivity contribution is -0.141. The maximum absolute atomic E-state index is 13.9. The Hall–Kier alpha value is -1.95. The zero-order valence-corrected chi connectivity index (χ0v) is 16.0. The third-order valence-electron chi connectivity index (χ3n) is 6.72. The molecule has 3 heterocycles. The minimum Gasteiger partial charge on any atom is -0.339 e. The summed E-state index contributed by atoms with van der Waals surface area (Å²) >= 11 is 0. The molecular formula is C21H28FN3O2. The number of nitrogens with zero attached hydrogens (tertiary/aromatic N) is 3. The molecule has 27 heavy (non-hydrogen) atoms. The summed E-state index contributed by atoms with van der Waals surface area (Å²) in [6.07, 6.45) is 4.35. The second kappa shape index (κ2) is 7.23. The van der Waals surface area contributed by atoms with Crippen LogP contribution in [-0.4, -0.2) is 72.3 Å². The lowest BCUT2D eigenvalue weighted by atomic mass is 9.72. The summed E-state index contributed by atoms with van der Waals surface area (Å²) in [5.41, 5.74) is 0.268. The molecule has 1 aromatic carbocycles. The van der Waals surface area contributed by atoms with Crippen molar-refractivity contribution < 1.29 is 14.0 Å². The zero-order valence-electron chi connectivity index (χ0n) is 16.0. The first-order valence-electron chi connectivity index (χ1n) is 9.99. The van der Waals surface area contributed by atoms with E-state index in [-0.39, 0.29) is 22.8 Å². The summed E-state index contributed by atoms with van der Waals surface area (Å²) in [7, 11) is 2.11. The van der Waals surface area contributed by atoms with Gasteiger partial charge in [-0.1, -0.05) is 12.1 Å². The van der Waals surface area contributed by atoms with Gasteiger partial charge < -0.3 is 14.7 Å². The van der Waals surface area contributed by atoms with E-state index in [9.17, 15) is 14.0 Å². The van der Waals surface area contributed by atoms with Crippen LogP contribution in [0.3, 0.4) is 0 Å². The average molecular weight is 373 g/mol. The Balaban J connectivity index is 1.41. The lowest BCUT2D eigenvalue weighted by Gasteiger charge is -2.49. The fraction of sp³-hybridized carbons (Fsp3) is 0.619. The lowest BCUT2D eigenvalue weighted by Crippen LogP contribution is -2.55. The molecule has 3 aliphatic rings. The Morgan fingerprint density at radius 3 is 2.56 bits per heavy atom. The SMILES string of the molecule is CN1CC[C@H](N2CC3(CCC2=O)CCN(C(=O)c2ccccc2F)CC3)C1. The van der Waals surface area contributed by atoms with Crippen molar-refractivity contribution in [3.05, 3.63) is 35.6 Å². The molecule has 1 aromatic rings. The number of rotatable bonds is 2. The van der Waals surface area contributed by atoms with Crippen LogP contribution in [0.1, 0.15) is 42.5 Å². The Morgan fingerprint density at radius 1 is 1.15 bits per heavy atom. The standard InChI is InChI=1S/C21H28FN3O2/c1-23-11-7-16(14-23)25-15-21(8-6-19(25)26)9-12-24(13-10-21)20(27)17-4-2-3-5-18(17)22/h2-5,16H,6-15H2,1H3/t16-/m0/s1. The van der Waals surface area contributed by atoms with Crippen molar-refractivity contribution in [2.24, 2.45) is 5.41 Å². The van der Waals surface area contributed by atoms with Gasteiger partial charge in [0.1, 0.15) is 5.82 Å². The smallest absolute Gasteiger partial charge is 0.256 e. The summed E-state index contributed by atoms with van der Waals surface area (Å²) in [5.74, 6) is -0.391. The van der Waals surface area contributed by atoms with Crippen LogP contribution >= 0.6 is 0 Å². The molecule has 6 heteroatoms. The highest BCUT2D eigenvalue weighted by atomic mass is 19.1. The Labute approximate surface area is 160 Å². The van der Waals surface area contributed by atoms with Gasteiger partial charge in [0.25, 0.3) is 5.91 Å². The quantitative estimate of drug-likeness (QED) is 0.800. The topological polar surface area (TPSA) is 43.9 Å². The number of likely N-dealkylation sites (N-methyl/N-ethyl adjacent to an activating group) is 1. The molecule has 3 aliphatic heterocycles. The van der Waals surface area contributed by atoms with Gasteiger partial charge in [-0.2, -0.15) is 0 Å². The second-order valence-electron chi connectivity index (χ2n) is 8.50. The molecule has 0 aromatic heterocycles. The fourth-order valence-corrected chi connectivity index (χ4v) is 4.94. The molecule has 2 amide bonds. The molecule has 0 aliphatic carbocycles. The number of piperidine rings is 2. The predicted octanol–water partition coefficient (Wildman–Crippen LogP) is 2.37. The molecular weight excluding hydrogens is 345 g/mol. The first-order valence-corrected chi connectivity index (χ1v) is 9.99. The normalized spacial score (nSPS) is 26.0. The van der Waals surface area contributed by atoms with Crippen molar-refractivity contribution in [1.29, 1.82) is 0 Å². The van der Waals surface area contributed by atoms with Crippen molar-refractivity contribution >= 4 is 11.8 Å². The first kappa shape index (κ1) is 18.4. The van der Waals surface area contributed by atoms with Crippen molar-refractivity contribution in [2.45, 2.75) is 38.1 Å². The van der Waals surface area contributed by atoms with Crippen LogP contribution in [0.2, 0.25) is 0 Å². The maximum atomic E-state index is 13.9. The molecule has 1 spiro atoms. The number of halogens is 1. The van der Waals surface area contributed by atoms with Crippen LogP contribution in [0.5, 0.6) is 0 Å². The van der Waals surface area contributed by atoms with Gasteiger partial charge >= 0.3 is 0 Å². The molecule has 4 rings (SSSR count). The molecule has 0 radical (unpaired) electrons. The highest BCUT2D eigenvalue weighted by Crippen LogP contribution is 2.41. The van der Waals surface area contributed by atoms with Gasteiger partial charge in [0.05, 0.1) is 5.56 Å². The predicted molar refractivity (Wildman–Crippen MR) is 101 cm³/mol. The second-order valence-corrected chi connectivity index (χ2v) is 8.50. The van der Waals surface area contributed by atoms with E-state index in [2.05, 4.69) is 16.8 Å². The number of benzene rings is 1. The molecule has 5 nitrogen and oxygen atoms in total. The largest absolute Gasteiger partial charge is 0.339 e. The summed E-state index contributed by atoms with van der Waals surface area (Å²) in [6, 6.07) is 6.52. The van der Waals surface area contributed by atoms with Crippen molar-refractivity contribution in [3.8, 4) is 0 Å². The molecule has 146 valence electrons. The monoisotopic (exact) mass is 373 g/mol. The van der Waals surface area contributed by atoms with Crippen LogP contribution < -0.4 is 0 Å². The van der Waals surface area contributed by atoms with Gasteiger partial charge in [-0.3, -0.25) is 9.59 Å². The van der Waals surface area contributed by atoms with Gasteiger partial charge in [0, 0.05) is 38.6 Å². The van der Waals surface area contributed by atoms with E-state index in [4.69, 9.17) is 0 Å². The highest BCUT2D eigenvalue weighted by Gasteiger charge is 2.44. The van der Waals surface area contributed by atoms with E-state index in [1.54, 1.807) is 23.1 Å². The van der Waals surface area contributed by atoms with E-state index >= 15 is 0 Å². The number of hydrogen-bond donors (Lipinski definition) is 0. The molecule has 0 bridgehead atoms. The van der Waals surface area contributed by atoms with E-state index in [1.165, 1.54) is 6.07 Å². The minimum absolute atomic E-state index is 0.112. The van der Waals surface area contributed by atoms with Crippen LogP contribution in [0, 0.1) is 11.2 Å². The van der Waals surface area contributed by atoms with Gasteiger partial charge in [-0.05, 0) is 56.8 Å². The van der Waals surface area contributed by atoms with Crippen LogP contribution in [0.4, 0.5) is 4.39 Å². The third-order valence-corrected chi connectivity index (χ3v) is 6.72. The Bertz CT molecular complexity index is 730. The summed E-state index contributed by atoms with van der Waals surface area (Å²) < 4.78 is 13.9. The van der Waals surface area contributed by atoms with Gasteiger partial charge in [0.15, 0.2) is 0 Å². The number of likely N-dealkylation sites (tertiary alicyclic amines) is 3. The van der Waals surface area contributed by atoms with Gasteiger partial charge in [0.2, 0.25) is 5.91 Å². The van der Waals surface area contributed by atoms with Crippen LogP contribution in [0.15, 0.2) is 24.3 Å². The van der Waals surface area contributed by atoms with Crippen molar-refractivity contribution in [1.82, 2.24) is 14.7 Å². The molecule has 0 saturated carbocycles. The maximum Gasteiger partial charge on any atom is 0.256 e. The molecule has 0 N–H and O–H groups in total. The van der Waals surface area contributed by atoms with E-state index < -0.39 is 5.82 Å². The zero-order chi connectivity index (χ0) is 19.0. The number of amides is 2. The average Bonchev–Trinajstić information content (AvgIpc) is 3.11. The molecule has 3 saturated heterocycles. The van der Waals surface area contributed by atoms with Gasteiger partial charge in [-0.15, -0.1) is 0 Å². The van der Waals surface area contributed by atoms with Crippen molar-refractivity contribution in [3.63, 3.8) is 0 Å². The Morgan fingerprint density at radius 2 is 1.89 bits per heavy atom. The third kappa shape index (κ3) is 3.59. The minimum atomic E-state index is -0.456. The highest BCUT2D eigenvalue weighted by molar-refractivity contribution is 5.94. The number of carbonyl (C=O) groups is 2. The molecule has 1 atom stereocenters. The van der Waals surface area contributed by atoms with Crippen LogP contribution in [-0.2, 0) is 4.79 Å². The molecule has 3 fully saturated rings. The molecule has 0 unspecified atom stereocenters. The van der Waals surface area contributed by atoms with Gasteiger partial charge in [-0.25, -0.2) is 4.39 Å².